The lowest BCUT2D eigenvalue weighted by atomic mass is 10.1. The van der Waals surface area contributed by atoms with E-state index in [-0.39, 0.29) is 24.6 Å². The Labute approximate surface area is 136 Å². The van der Waals surface area contributed by atoms with Crippen LogP contribution in [0.1, 0.15) is 18.4 Å². The zero-order chi connectivity index (χ0) is 16.1. The van der Waals surface area contributed by atoms with E-state index in [9.17, 15) is 14.0 Å². The largest absolute Gasteiger partial charge is 0.481 e. The van der Waals surface area contributed by atoms with Crippen molar-refractivity contribution < 1.29 is 19.1 Å². The van der Waals surface area contributed by atoms with Crippen LogP contribution in [0.3, 0.4) is 0 Å². The van der Waals surface area contributed by atoms with Crippen molar-refractivity contribution >= 4 is 46.3 Å². The summed E-state index contributed by atoms with van der Waals surface area (Å²) < 4.78 is 13.9. The van der Waals surface area contributed by atoms with Crippen molar-refractivity contribution in [3.05, 3.63) is 52.2 Å². The third kappa shape index (κ3) is 4.25. The lowest BCUT2D eigenvalue weighted by Gasteiger charge is -2.03. The highest BCUT2D eigenvalue weighted by atomic mass is 32.2. The van der Waals surface area contributed by atoms with Crippen LogP contribution in [0.5, 0.6) is 0 Å². The molecule has 4 nitrogen and oxygen atoms in total. The van der Waals surface area contributed by atoms with Crippen LogP contribution in [-0.2, 0) is 9.59 Å². The van der Waals surface area contributed by atoms with Crippen LogP contribution in [0.4, 0.5) is 4.39 Å². The van der Waals surface area contributed by atoms with Gasteiger partial charge < -0.3 is 10.4 Å². The molecule has 2 rings (SSSR count). The Bertz CT molecular complexity index is 698. The molecule has 114 valence electrons. The maximum absolute atomic E-state index is 13.6. The summed E-state index contributed by atoms with van der Waals surface area (Å²) in [6, 6.07) is 6.20. The first-order chi connectivity index (χ1) is 10.5. The number of benzene rings is 1. The van der Waals surface area contributed by atoms with Crippen molar-refractivity contribution in [3.63, 3.8) is 0 Å². The minimum Gasteiger partial charge on any atom is -0.481 e. The third-order valence-corrected chi connectivity index (χ3v) is 4.18. The van der Waals surface area contributed by atoms with Crippen molar-refractivity contribution in [3.8, 4) is 0 Å². The molecule has 1 fully saturated rings. The van der Waals surface area contributed by atoms with Gasteiger partial charge in [-0.15, -0.1) is 0 Å². The average Bonchev–Trinajstić information content (AvgIpc) is 2.79. The fraction of sp³-hybridized carbons (Fsp3) is 0.133. The number of carbonyl (C=O) groups excluding carboxylic acids is 1. The first kappa shape index (κ1) is 16.4. The van der Waals surface area contributed by atoms with E-state index in [1.807, 2.05) is 0 Å². The fourth-order valence-corrected chi connectivity index (χ4v) is 2.96. The molecular formula is C15H12FNO3S2. The molecule has 1 aliphatic heterocycles. The highest BCUT2D eigenvalue weighted by Crippen LogP contribution is 2.30. The molecule has 7 heteroatoms. The molecule has 1 aliphatic rings. The number of thiocarbonyl (C=S) groups is 1. The maximum atomic E-state index is 13.6. The number of amides is 1. The number of thioether (sulfide) groups is 1. The molecule has 0 saturated carbocycles. The second-order valence-corrected chi connectivity index (χ2v) is 6.13. The van der Waals surface area contributed by atoms with Crippen molar-refractivity contribution in [2.45, 2.75) is 12.8 Å². The van der Waals surface area contributed by atoms with Gasteiger partial charge in [0.25, 0.3) is 5.91 Å². The maximum Gasteiger partial charge on any atom is 0.303 e. The standard InChI is InChI=1S/C15H12FNO3S2/c16-11-4-2-1-3-9(11)5-6-10(7-8-12(18)19)13-14(20)17-15(21)22-13/h1-6H,7-8H2,(H,18,19)(H,17,20,21)/b6-5+,13-10-. The Hall–Kier alpha value is -1.99. The summed E-state index contributed by atoms with van der Waals surface area (Å²) in [4.78, 5) is 22.9. The van der Waals surface area contributed by atoms with E-state index in [1.165, 1.54) is 12.1 Å². The van der Waals surface area contributed by atoms with Gasteiger partial charge in [-0.3, -0.25) is 9.59 Å². The lowest BCUT2D eigenvalue weighted by Crippen LogP contribution is -2.18. The zero-order valence-electron chi connectivity index (χ0n) is 11.3. The van der Waals surface area contributed by atoms with Crippen LogP contribution >= 0.6 is 24.0 Å². The summed E-state index contributed by atoms with van der Waals surface area (Å²) in [6.45, 7) is 0. The van der Waals surface area contributed by atoms with E-state index in [0.29, 0.717) is 20.4 Å². The first-order valence-corrected chi connectivity index (χ1v) is 7.60. The van der Waals surface area contributed by atoms with Crippen LogP contribution in [-0.4, -0.2) is 21.3 Å². The summed E-state index contributed by atoms with van der Waals surface area (Å²) in [5.74, 6) is -1.71. The van der Waals surface area contributed by atoms with Gasteiger partial charge in [-0.1, -0.05) is 54.3 Å². The number of halogens is 1. The predicted molar refractivity (Wildman–Crippen MR) is 87.7 cm³/mol. The van der Waals surface area contributed by atoms with E-state index >= 15 is 0 Å². The highest BCUT2D eigenvalue weighted by molar-refractivity contribution is 8.26. The quantitative estimate of drug-likeness (QED) is 0.638. The van der Waals surface area contributed by atoms with Gasteiger partial charge in [-0.2, -0.15) is 0 Å². The van der Waals surface area contributed by atoms with Crippen LogP contribution in [0, 0.1) is 5.82 Å². The highest BCUT2D eigenvalue weighted by Gasteiger charge is 2.25. The summed E-state index contributed by atoms with van der Waals surface area (Å²) in [6.07, 6.45) is 3.13. The Balaban J connectivity index is 2.31. The minimum atomic E-state index is -0.969. The van der Waals surface area contributed by atoms with E-state index in [1.54, 1.807) is 24.3 Å². The minimum absolute atomic E-state index is 0.124. The van der Waals surface area contributed by atoms with Crippen molar-refractivity contribution in [2.75, 3.05) is 0 Å². The second-order valence-electron chi connectivity index (χ2n) is 4.45. The Morgan fingerprint density at radius 2 is 2.09 bits per heavy atom. The number of carboxylic acids is 1. The summed E-state index contributed by atoms with van der Waals surface area (Å²) in [5.41, 5.74) is 0.884. The first-order valence-electron chi connectivity index (χ1n) is 6.38. The number of hydrogen-bond acceptors (Lipinski definition) is 4. The second kappa shape index (κ2) is 7.33. The fourth-order valence-electron chi connectivity index (χ4n) is 1.84. The number of aliphatic carboxylic acids is 1. The van der Waals surface area contributed by atoms with Crippen LogP contribution in [0.25, 0.3) is 6.08 Å². The van der Waals surface area contributed by atoms with Crippen molar-refractivity contribution in [2.24, 2.45) is 0 Å². The Morgan fingerprint density at radius 3 is 2.68 bits per heavy atom. The molecule has 1 aromatic rings. The van der Waals surface area contributed by atoms with Crippen molar-refractivity contribution in [1.29, 1.82) is 0 Å². The van der Waals surface area contributed by atoms with Gasteiger partial charge in [-0.25, -0.2) is 4.39 Å². The molecule has 0 radical (unpaired) electrons. The monoisotopic (exact) mass is 337 g/mol. The molecule has 0 atom stereocenters. The van der Waals surface area contributed by atoms with Crippen LogP contribution in [0.15, 0.2) is 40.8 Å². The van der Waals surface area contributed by atoms with E-state index in [2.05, 4.69) is 5.32 Å². The molecule has 0 spiro atoms. The van der Waals surface area contributed by atoms with E-state index < -0.39 is 5.97 Å². The number of carbonyl (C=O) groups is 2. The summed E-state index contributed by atoms with van der Waals surface area (Å²) in [7, 11) is 0. The molecule has 1 amide bonds. The van der Waals surface area contributed by atoms with Gasteiger partial charge >= 0.3 is 5.97 Å². The summed E-state index contributed by atoms with van der Waals surface area (Å²) >= 11 is 6.01. The van der Waals surface area contributed by atoms with Gasteiger partial charge in [0.15, 0.2) is 0 Å². The molecule has 0 bridgehead atoms. The number of rotatable bonds is 5. The molecule has 0 aliphatic carbocycles. The molecule has 2 N–H and O–H groups in total. The van der Waals surface area contributed by atoms with Gasteiger partial charge in [0.1, 0.15) is 10.1 Å². The van der Waals surface area contributed by atoms with Gasteiger partial charge in [0.2, 0.25) is 0 Å². The molecule has 0 aromatic heterocycles. The topological polar surface area (TPSA) is 66.4 Å². The predicted octanol–water partition coefficient (Wildman–Crippen LogP) is 3.11. The molecule has 1 heterocycles. The average molecular weight is 337 g/mol. The zero-order valence-corrected chi connectivity index (χ0v) is 13.0. The number of carboxylic acid groups (broad SMARTS) is 1. The van der Waals surface area contributed by atoms with Gasteiger partial charge in [0.05, 0.1) is 4.91 Å². The normalized spacial score (nSPS) is 17.0. The Kier molecular flexibility index (Phi) is 5.46. The number of allylic oxidation sites excluding steroid dienone is 2. The van der Waals surface area contributed by atoms with Gasteiger partial charge in [0, 0.05) is 12.0 Å². The lowest BCUT2D eigenvalue weighted by molar-refractivity contribution is -0.137. The van der Waals surface area contributed by atoms with Crippen LogP contribution in [0.2, 0.25) is 0 Å². The van der Waals surface area contributed by atoms with Crippen molar-refractivity contribution in [1.82, 2.24) is 5.32 Å². The number of hydrogen-bond donors (Lipinski definition) is 2. The molecule has 1 saturated heterocycles. The molecular weight excluding hydrogens is 325 g/mol. The number of nitrogens with one attached hydrogen (secondary N) is 1. The van der Waals surface area contributed by atoms with E-state index in [0.717, 1.165) is 11.8 Å². The summed E-state index contributed by atoms with van der Waals surface area (Å²) in [5, 5.41) is 11.3. The molecule has 22 heavy (non-hydrogen) atoms. The SMILES string of the molecule is O=C(O)CCC(/C=C/c1ccccc1F)=C1\SC(=S)NC1=O. The van der Waals surface area contributed by atoms with Crippen LogP contribution < -0.4 is 5.32 Å². The Morgan fingerprint density at radius 1 is 1.36 bits per heavy atom. The smallest absolute Gasteiger partial charge is 0.303 e. The molecule has 1 aromatic carbocycles. The van der Waals surface area contributed by atoms with E-state index in [4.69, 9.17) is 17.3 Å². The van der Waals surface area contributed by atoms with Gasteiger partial charge in [-0.05, 0) is 18.1 Å². The third-order valence-electron chi connectivity index (χ3n) is 2.89. The molecule has 0 unspecified atom stereocenters.